The SMILES string of the molecule is Cc1c(Cl)cccc1N1CC(C)NCCC1(C)C. The Bertz CT molecular complexity index is 429. The molecule has 0 aliphatic carbocycles. The van der Waals surface area contributed by atoms with Gasteiger partial charge in [-0.05, 0) is 58.4 Å². The van der Waals surface area contributed by atoms with Crippen molar-refractivity contribution < 1.29 is 0 Å². The van der Waals surface area contributed by atoms with Crippen LogP contribution in [-0.2, 0) is 0 Å². The second-order valence-corrected chi connectivity index (χ2v) is 6.32. The van der Waals surface area contributed by atoms with Crippen molar-refractivity contribution in [3.05, 3.63) is 28.8 Å². The summed E-state index contributed by atoms with van der Waals surface area (Å²) < 4.78 is 0. The van der Waals surface area contributed by atoms with Crippen molar-refractivity contribution in [3.8, 4) is 0 Å². The summed E-state index contributed by atoms with van der Waals surface area (Å²) in [7, 11) is 0. The summed E-state index contributed by atoms with van der Waals surface area (Å²) in [4.78, 5) is 2.50. The molecule has 0 aromatic heterocycles. The van der Waals surface area contributed by atoms with Gasteiger partial charge in [0.1, 0.15) is 0 Å². The molecule has 1 aromatic carbocycles. The van der Waals surface area contributed by atoms with Crippen LogP contribution in [0.4, 0.5) is 5.69 Å². The number of halogens is 1. The standard InChI is InChI=1S/C15H23ClN2/c1-11-10-18(15(3,4)8-9-17-11)14-7-5-6-13(16)12(14)2/h5-7,11,17H,8-10H2,1-4H3. The molecule has 2 rings (SSSR count). The largest absolute Gasteiger partial charge is 0.365 e. The first-order valence-corrected chi connectivity index (χ1v) is 7.06. The van der Waals surface area contributed by atoms with Gasteiger partial charge >= 0.3 is 0 Å². The molecule has 1 unspecified atom stereocenters. The average Bonchev–Trinajstić information content (AvgIpc) is 2.42. The Labute approximate surface area is 115 Å². The number of nitrogens with one attached hydrogen (secondary N) is 1. The highest BCUT2D eigenvalue weighted by molar-refractivity contribution is 6.31. The lowest BCUT2D eigenvalue weighted by molar-refractivity contribution is 0.452. The highest BCUT2D eigenvalue weighted by Gasteiger charge is 2.31. The van der Waals surface area contributed by atoms with Crippen LogP contribution >= 0.6 is 11.6 Å². The minimum Gasteiger partial charge on any atom is -0.365 e. The van der Waals surface area contributed by atoms with Gasteiger partial charge in [0, 0.05) is 28.8 Å². The maximum atomic E-state index is 6.26. The molecule has 1 heterocycles. The summed E-state index contributed by atoms with van der Waals surface area (Å²) in [6.45, 7) is 11.1. The van der Waals surface area contributed by atoms with Crippen LogP contribution < -0.4 is 10.2 Å². The Kier molecular flexibility index (Phi) is 3.88. The third kappa shape index (κ3) is 2.65. The number of anilines is 1. The summed E-state index contributed by atoms with van der Waals surface area (Å²) in [6, 6.07) is 6.70. The second kappa shape index (κ2) is 5.10. The summed E-state index contributed by atoms with van der Waals surface area (Å²) in [5.41, 5.74) is 2.61. The lowest BCUT2D eigenvalue weighted by Gasteiger charge is -2.40. The van der Waals surface area contributed by atoms with Crippen LogP contribution in [0.5, 0.6) is 0 Å². The molecular weight excluding hydrogens is 244 g/mol. The molecular formula is C15H23ClN2. The molecule has 1 fully saturated rings. The van der Waals surface area contributed by atoms with Gasteiger partial charge in [-0.15, -0.1) is 0 Å². The van der Waals surface area contributed by atoms with Gasteiger partial charge < -0.3 is 10.2 Å². The third-order valence-corrected chi connectivity index (χ3v) is 4.36. The van der Waals surface area contributed by atoms with Gasteiger partial charge in [-0.2, -0.15) is 0 Å². The average molecular weight is 267 g/mol. The molecule has 1 aliphatic heterocycles. The fraction of sp³-hybridized carbons (Fsp3) is 0.600. The zero-order chi connectivity index (χ0) is 13.3. The number of hydrogen-bond acceptors (Lipinski definition) is 2. The van der Waals surface area contributed by atoms with Crippen molar-refractivity contribution in [1.82, 2.24) is 5.32 Å². The normalized spacial score (nSPS) is 23.8. The maximum absolute atomic E-state index is 6.26. The van der Waals surface area contributed by atoms with E-state index in [9.17, 15) is 0 Å². The highest BCUT2D eigenvalue weighted by atomic mass is 35.5. The summed E-state index contributed by atoms with van der Waals surface area (Å²) >= 11 is 6.26. The van der Waals surface area contributed by atoms with Crippen molar-refractivity contribution in [2.45, 2.75) is 45.7 Å². The van der Waals surface area contributed by atoms with Gasteiger partial charge in [-0.25, -0.2) is 0 Å². The Morgan fingerprint density at radius 3 is 2.83 bits per heavy atom. The van der Waals surface area contributed by atoms with Gasteiger partial charge in [0.2, 0.25) is 0 Å². The first-order valence-electron chi connectivity index (χ1n) is 6.68. The molecule has 0 saturated carbocycles. The molecule has 1 aromatic rings. The Hall–Kier alpha value is -0.730. The molecule has 100 valence electrons. The monoisotopic (exact) mass is 266 g/mol. The lowest BCUT2D eigenvalue weighted by atomic mass is 9.96. The number of benzene rings is 1. The van der Waals surface area contributed by atoms with E-state index in [1.54, 1.807) is 0 Å². The minimum atomic E-state index is 0.160. The Balaban J connectivity index is 2.41. The van der Waals surface area contributed by atoms with Crippen LogP contribution in [0.2, 0.25) is 5.02 Å². The van der Waals surface area contributed by atoms with E-state index in [2.05, 4.69) is 44.0 Å². The fourth-order valence-corrected chi connectivity index (χ4v) is 2.83. The summed E-state index contributed by atoms with van der Waals surface area (Å²) in [5.74, 6) is 0. The number of nitrogens with zero attached hydrogens (tertiary/aromatic N) is 1. The maximum Gasteiger partial charge on any atom is 0.0455 e. The molecule has 0 radical (unpaired) electrons. The third-order valence-electron chi connectivity index (χ3n) is 3.95. The van der Waals surface area contributed by atoms with Crippen molar-refractivity contribution in [3.63, 3.8) is 0 Å². The zero-order valence-corrected chi connectivity index (χ0v) is 12.5. The number of hydrogen-bond donors (Lipinski definition) is 1. The van der Waals surface area contributed by atoms with Gasteiger partial charge in [0.05, 0.1) is 0 Å². The Morgan fingerprint density at radius 1 is 1.39 bits per heavy atom. The van der Waals surface area contributed by atoms with Crippen LogP contribution in [0.25, 0.3) is 0 Å². The molecule has 0 amide bonds. The van der Waals surface area contributed by atoms with Crippen molar-refractivity contribution in [2.75, 3.05) is 18.0 Å². The van der Waals surface area contributed by atoms with Gasteiger partial charge in [0.15, 0.2) is 0 Å². The van der Waals surface area contributed by atoms with E-state index in [4.69, 9.17) is 11.6 Å². The van der Waals surface area contributed by atoms with E-state index in [1.165, 1.54) is 11.3 Å². The van der Waals surface area contributed by atoms with Gasteiger partial charge in [-0.3, -0.25) is 0 Å². The quantitative estimate of drug-likeness (QED) is 0.835. The van der Waals surface area contributed by atoms with Crippen LogP contribution in [0, 0.1) is 6.92 Å². The molecule has 1 N–H and O–H groups in total. The Morgan fingerprint density at radius 2 is 2.11 bits per heavy atom. The van der Waals surface area contributed by atoms with E-state index < -0.39 is 0 Å². The molecule has 1 atom stereocenters. The zero-order valence-electron chi connectivity index (χ0n) is 11.8. The first kappa shape index (κ1) is 13.7. The van der Waals surface area contributed by atoms with Crippen molar-refractivity contribution in [1.29, 1.82) is 0 Å². The topological polar surface area (TPSA) is 15.3 Å². The number of rotatable bonds is 1. The highest BCUT2D eigenvalue weighted by Crippen LogP contribution is 2.33. The molecule has 1 saturated heterocycles. The smallest absolute Gasteiger partial charge is 0.0455 e. The summed E-state index contributed by atoms with van der Waals surface area (Å²) in [6.07, 6.45) is 1.14. The lowest BCUT2D eigenvalue weighted by Crippen LogP contribution is -2.46. The molecule has 1 aliphatic rings. The van der Waals surface area contributed by atoms with E-state index in [1.807, 2.05) is 12.1 Å². The molecule has 3 heteroatoms. The van der Waals surface area contributed by atoms with Crippen molar-refractivity contribution >= 4 is 17.3 Å². The van der Waals surface area contributed by atoms with Crippen molar-refractivity contribution in [2.24, 2.45) is 0 Å². The van der Waals surface area contributed by atoms with E-state index in [-0.39, 0.29) is 5.54 Å². The van der Waals surface area contributed by atoms with Crippen LogP contribution in [0.3, 0.4) is 0 Å². The van der Waals surface area contributed by atoms with Crippen LogP contribution in [0.1, 0.15) is 32.8 Å². The fourth-order valence-electron chi connectivity index (χ4n) is 2.66. The van der Waals surface area contributed by atoms with Crippen LogP contribution in [0.15, 0.2) is 18.2 Å². The van der Waals surface area contributed by atoms with Crippen LogP contribution in [-0.4, -0.2) is 24.7 Å². The second-order valence-electron chi connectivity index (χ2n) is 5.91. The van der Waals surface area contributed by atoms with E-state index in [0.717, 1.165) is 24.5 Å². The first-order chi connectivity index (χ1) is 8.42. The molecule has 0 spiro atoms. The summed E-state index contributed by atoms with van der Waals surface area (Å²) in [5, 5.41) is 4.41. The van der Waals surface area contributed by atoms with Gasteiger partial charge in [0.25, 0.3) is 0 Å². The molecule has 2 nitrogen and oxygen atoms in total. The predicted octanol–water partition coefficient (Wildman–Crippen LogP) is 3.62. The molecule has 18 heavy (non-hydrogen) atoms. The minimum absolute atomic E-state index is 0.160. The van der Waals surface area contributed by atoms with E-state index >= 15 is 0 Å². The predicted molar refractivity (Wildman–Crippen MR) is 79.7 cm³/mol. The molecule has 0 bridgehead atoms. The van der Waals surface area contributed by atoms with Gasteiger partial charge in [-0.1, -0.05) is 17.7 Å². The van der Waals surface area contributed by atoms with E-state index in [0.29, 0.717) is 6.04 Å².